The summed E-state index contributed by atoms with van der Waals surface area (Å²) in [5, 5.41) is 23.0. The number of esters is 1. The number of hydrogen-bond acceptors (Lipinski definition) is 5. The standard InChI is InChI=1S/C54H103NO5/c1-3-5-7-9-11-13-15-23-27-30-34-38-42-46-52(57)51(50-56)55-53(58)47-43-39-35-31-28-24-21-19-17-16-18-20-22-25-29-33-37-41-45-49-60-54(59)48-44-40-36-32-26-14-12-10-8-6-4-2/h16-17,42,46,51-52,56-57H,3-15,18-41,43-45,47-50H2,1-2H3,(H,55,58)/b17-16-,46-42+. The van der Waals surface area contributed by atoms with Gasteiger partial charge in [0.15, 0.2) is 0 Å². The summed E-state index contributed by atoms with van der Waals surface area (Å²) in [6, 6.07) is -0.633. The lowest BCUT2D eigenvalue weighted by Gasteiger charge is -2.20. The van der Waals surface area contributed by atoms with Crippen molar-refractivity contribution in [1.29, 1.82) is 0 Å². The Kier molecular flexibility index (Phi) is 48.6. The van der Waals surface area contributed by atoms with Crippen LogP contribution in [0.15, 0.2) is 24.3 Å². The Balaban J connectivity index is 3.47. The fourth-order valence-electron chi connectivity index (χ4n) is 8.10. The Labute approximate surface area is 373 Å². The third-order valence-electron chi connectivity index (χ3n) is 12.2. The van der Waals surface area contributed by atoms with Crippen LogP contribution in [0.2, 0.25) is 0 Å². The minimum absolute atomic E-state index is 0.00255. The van der Waals surface area contributed by atoms with E-state index in [1.165, 1.54) is 205 Å². The quantitative estimate of drug-likeness (QED) is 0.0322. The molecule has 0 fully saturated rings. The predicted molar refractivity (Wildman–Crippen MR) is 260 cm³/mol. The molecule has 0 aliphatic rings. The minimum Gasteiger partial charge on any atom is -0.466 e. The molecule has 0 spiro atoms. The molecule has 3 N–H and O–H groups in total. The highest BCUT2D eigenvalue weighted by molar-refractivity contribution is 5.76. The summed E-state index contributed by atoms with van der Waals surface area (Å²) >= 11 is 0. The van der Waals surface area contributed by atoms with E-state index >= 15 is 0 Å². The van der Waals surface area contributed by atoms with Crippen LogP contribution >= 0.6 is 0 Å². The van der Waals surface area contributed by atoms with Crippen molar-refractivity contribution in [2.45, 2.75) is 296 Å². The molecule has 0 saturated carbocycles. The molecule has 0 heterocycles. The van der Waals surface area contributed by atoms with E-state index in [1.54, 1.807) is 6.08 Å². The lowest BCUT2D eigenvalue weighted by atomic mass is 10.0. The van der Waals surface area contributed by atoms with Gasteiger partial charge >= 0.3 is 5.97 Å². The normalized spacial score (nSPS) is 12.8. The third-order valence-corrected chi connectivity index (χ3v) is 12.2. The van der Waals surface area contributed by atoms with Crippen LogP contribution in [0.1, 0.15) is 284 Å². The highest BCUT2D eigenvalue weighted by Gasteiger charge is 2.18. The van der Waals surface area contributed by atoms with Crippen molar-refractivity contribution in [1.82, 2.24) is 5.32 Å². The SMILES string of the molecule is CCCCCCCCCCCCC/C=C/C(O)C(CO)NC(=O)CCCCCCCCC/C=C\CCCCCCCCCCOC(=O)CCCCCCCCCCCCC. The van der Waals surface area contributed by atoms with E-state index in [0.29, 0.717) is 19.4 Å². The molecule has 0 aromatic carbocycles. The van der Waals surface area contributed by atoms with Crippen LogP contribution in [0, 0.1) is 0 Å². The number of ether oxygens (including phenoxy) is 1. The largest absolute Gasteiger partial charge is 0.466 e. The Morgan fingerprint density at radius 2 is 0.783 bits per heavy atom. The number of aliphatic hydroxyl groups is 2. The second-order valence-electron chi connectivity index (χ2n) is 18.2. The van der Waals surface area contributed by atoms with Crippen molar-refractivity contribution in [3.8, 4) is 0 Å². The molecule has 354 valence electrons. The number of nitrogens with one attached hydrogen (secondary N) is 1. The van der Waals surface area contributed by atoms with E-state index in [-0.39, 0.29) is 18.5 Å². The molecular formula is C54H103NO5. The zero-order valence-corrected chi connectivity index (χ0v) is 40.2. The van der Waals surface area contributed by atoms with Crippen LogP contribution in [-0.4, -0.2) is 47.4 Å². The van der Waals surface area contributed by atoms with Crippen LogP contribution in [-0.2, 0) is 14.3 Å². The Morgan fingerprint density at radius 1 is 0.450 bits per heavy atom. The molecule has 0 aromatic rings. The maximum atomic E-state index is 12.4. The van der Waals surface area contributed by atoms with Crippen LogP contribution < -0.4 is 5.32 Å². The van der Waals surface area contributed by atoms with Gasteiger partial charge in [0, 0.05) is 12.8 Å². The van der Waals surface area contributed by atoms with Crippen molar-refractivity contribution in [2.24, 2.45) is 0 Å². The van der Waals surface area contributed by atoms with Crippen LogP contribution in [0.25, 0.3) is 0 Å². The molecule has 0 aromatic heterocycles. The van der Waals surface area contributed by atoms with Gasteiger partial charge in [-0.2, -0.15) is 0 Å². The van der Waals surface area contributed by atoms with Gasteiger partial charge in [-0.3, -0.25) is 9.59 Å². The second-order valence-corrected chi connectivity index (χ2v) is 18.2. The smallest absolute Gasteiger partial charge is 0.305 e. The first-order valence-corrected chi connectivity index (χ1v) is 26.6. The van der Waals surface area contributed by atoms with Gasteiger partial charge in [0.05, 0.1) is 25.4 Å². The molecule has 2 atom stereocenters. The average molecular weight is 846 g/mol. The lowest BCUT2D eigenvalue weighted by Crippen LogP contribution is -2.45. The lowest BCUT2D eigenvalue weighted by molar-refractivity contribution is -0.143. The fourth-order valence-corrected chi connectivity index (χ4v) is 8.10. The predicted octanol–water partition coefficient (Wildman–Crippen LogP) is 15.9. The highest BCUT2D eigenvalue weighted by Crippen LogP contribution is 2.16. The number of aliphatic hydroxyl groups excluding tert-OH is 2. The number of hydrogen-bond donors (Lipinski definition) is 3. The molecule has 6 nitrogen and oxygen atoms in total. The molecule has 6 heteroatoms. The molecule has 0 radical (unpaired) electrons. The van der Waals surface area contributed by atoms with Crippen LogP contribution in [0.5, 0.6) is 0 Å². The number of carbonyl (C=O) groups is 2. The maximum absolute atomic E-state index is 12.4. The molecular weight excluding hydrogens is 743 g/mol. The topological polar surface area (TPSA) is 95.9 Å². The molecule has 1 amide bonds. The van der Waals surface area contributed by atoms with Crippen molar-refractivity contribution in [3.63, 3.8) is 0 Å². The van der Waals surface area contributed by atoms with Crippen molar-refractivity contribution in [2.75, 3.05) is 13.2 Å². The molecule has 2 unspecified atom stereocenters. The minimum atomic E-state index is -0.849. The summed E-state index contributed by atoms with van der Waals surface area (Å²) < 4.78 is 5.45. The Hall–Kier alpha value is -1.66. The van der Waals surface area contributed by atoms with Crippen molar-refractivity contribution in [3.05, 3.63) is 24.3 Å². The fraction of sp³-hybridized carbons (Fsp3) is 0.889. The molecule has 0 bridgehead atoms. The van der Waals surface area contributed by atoms with E-state index in [9.17, 15) is 19.8 Å². The summed E-state index contributed by atoms with van der Waals surface area (Å²) in [5.74, 6) is -0.0753. The molecule has 0 aliphatic heterocycles. The summed E-state index contributed by atoms with van der Waals surface area (Å²) in [4.78, 5) is 24.4. The molecule has 60 heavy (non-hydrogen) atoms. The van der Waals surface area contributed by atoms with E-state index < -0.39 is 12.1 Å². The summed E-state index contributed by atoms with van der Waals surface area (Å²) in [6.45, 7) is 4.88. The van der Waals surface area contributed by atoms with Gasteiger partial charge in [0.1, 0.15) is 0 Å². The van der Waals surface area contributed by atoms with Gasteiger partial charge in [0.2, 0.25) is 5.91 Å². The number of carbonyl (C=O) groups excluding carboxylic acids is 2. The van der Waals surface area contributed by atoms with E-state index in [2.05, 4.69) is 31.3 Å². The number of rotatable bonds is 49. The van der Waals surface area contributed by atoms with Gasteiger partial charge in [-0.25, -0.2) is 0 Å². The number of allylic oxidation sites excluding steroid dienone is 3. The van der Waals surface area contributed by atoms with Crippen molar-refractivity contribution < 1.29 is 24.5 Å². The summed E-state index contributed by atoms with van der Waals surface area (Å²) in [7, 11) is 0. The second kappa shape index (κ2) is 50.0. The molecule has 0 rings (SSSR count). The maximum Gasteiger partial charge on any atom is 0.305 e. The summed E-state index contributed by atoms with van der Waals surface area (Å²) in [6.07, 6.45) is 59.0. The number of unbranched alkanes of at least 4 members (excludes halogenated alkanes) is 36. The zero-order chi connectivity index (χ0) is 43.7. The van der Waals surface area contributed by atoms with Gasteiger partial charge in [-0.15, -0.1) is 0 Å². The first-order chi connectivity index (χ1) is 29.5. The Morgan fingerprint density at radius 3 is 1.18 bits per heavy atom. The Bertz CT molecular complexity index is 935. The third kappa shape index (κ3) is 45.9. The van der Waals surface area contributed by atoms with Gasteiger partial charge in [-0.1, -0.05) is 237 Å². The summed E-state index contributed by atoms with van der Waals surface area (Å²) in [5.41, 5.74) is 0. The first-order valence-electron chi connectivity index (χ1n) is 26.6. The molecule has 0 aliphatic carbocycles. The average Bonchev–Trinajstić information content (AvgIpc) is 3.25. The monoisotopic (exact) mass is 846 g/mol. The van der Waals surface area contributed by atoms with E-state index in [4.69, 9.17) is 4.74 Å². The first kappa shape index (κ1) is 58.3. The van der Waals surface area contributed by atoms with Crippen LogP contribution in [0.4, 0.5) is 0 Å². The van der Waals surface area contributed by atoms with Gasteiger partial charge in [0.25, 0.3) is 0 Å². The van der Waals surface area contributed by atoms with Gasteiger partial charge in [-0.05, 0) is 57.8 Å². The highest BCUT2D eigenvalue weighted by atomic mass is 16.5. The van der Waals surface area contributed by atoms with Crippen LogP contribution in [0.3, 0.4) is 0 Å². The molecule has 0 saturated heterocycles. The number of amides is 1. The zero-order valence-electron chi connectivity index (χ0n) is 40.2. The van der Waals surface area contributed by atoms with Crippen molar-refractivity contribution >= 4 is 11.9 Å². The van der Waals surface area contributed by atoms with E-state index in [1.807, 2.05) is 6.08 Å². The van der Waals surface area contributed by atoms with Gasteiger partial charge < -0.3 is 20.3 Å². The van der Waals surface area contributed by atoms with E-state index in [0.717, 1.165) is 51.4 Å².